The van der Waals surface area contributed by atoms with Gasteiger partial charge in [-0.3, -0.25) is 14.5 Å². The second kappa shape index (κ2) is 10.9. The Morgan fingerprint density at radius 1 is 1.00 bits per heavy atom. The summed E-state index contributed by atoms with van der Waals surface area (Å²) in [5, 5.41) is 3.21. The van der Waals surface area contributed by atoms with Gasteiger partial charge in [0, 0.05) is 16.7 Å². The van der Waals surface area contributed by atoms with E-state index in [1.165, 1.54) is 4.90 Å². The highest BCUT2D eigenvalue weighted by Gasteiger charge is 2.44. The van der Waals surface area contributed by atoms with Crippen molar-refractivity contribution in [3.63, 3.8) is 0 Å². The van der Waals surface area contributed by atoms with Gasteiger partial charge in [-0.05, 0) is 66.3 Å². The van der Waals surface area contributed by atoms with Crippen molar-refractivity contribution in [1.29, 1.82) is 0 Å². The van der Waals surface area contributed by atoms with Crippen molar-refractivity contribution < 1.29 is 19.1 Å². The first-order valence-corrected chi connectivity index (χ1v) is 12.1. The topological polar surface area (TPSA) is 71.1 Å². The molecule has 1 aliphatic heterocycles. The maximum Gasteiger partial charge on any atom is 0.256 e. The zero-order chi connectivity index (χ0) is 24.9. The van der Waals surface area contributed by atoms with Crippen LogP contribution in [0, 0.1) is 0 Å². The summed E-state index contributed by atoms with van der Waals surface area (Å²) < 4.78 is 11.7. The molecule has 0 aromatic heterocycles. The number of hydrogen-bond acceptors (Lipinski definition) is 5. The van der Waals surface area contributed by atoms with Crippen molar-refractivity contribution in [2.45, 2.75) is 19.0 Å². The average Bonchev–Trinajstić information content (AvgIpc) is 3.09. The summed E-state index contributed by atoms with van der Waals surface area (Å²) in [6.45, 7) is 0.324. The summed E-state index contributed by atoms with van der Waals surface area (Å²) in [5.74, 6) is 0.659. The fourth-order valence-corrected chi connectivity index (χ4v) is 4.58. The Balaban J connectivity index is 1.61. The van der Waals surface area contributed by atoms with Gasteiger partial charge in [-0.2, -0.15) is 0 Å². The number of thiocarbonyl (C=S) groups is 1. The van der Waals surface area contributed by atoms with Crippen LogP contribution in [-0.4, -0.2) is 42.1 Å². The summed E-state index contributed by atoms with van der Waals surface area (Å²) >= 11 is 9.13. The molecule has 1 saturated heterocycles. The van der Waals surface area contributed by atoms with E-state index in [0.717, 1.165) is 10.0 Å². The van der Waals surface area contributed by atoms with E-state index in [1.54, 1.807) is 37.3 Å². The van der Waals surface area contributed by atoms with Crippen LogP contribution in [0.25, 0.3) is 0 Å². The summed E-state index contributed by atoms with van der Waals surface area (Å²) in [6, 6.07) is 21.2. The normalized spacial score (nSPS) is 15.3. The first-order chi connectivity index (χ1) is 16.9. The highest BCUT2D eigenvalue weighted by atomic mass is 79.9. The number of benzene rings is 3. The molecule has 1 aliphatic rings. The minimum atomic E-state index is -0.758. The smallest absolute Gasteiger partial charge is 0.256 e. The summed E-state index contributed by atoms with van der Waals surface area (Å²) in [7, 11) is 3.14. The summed E-state index contributed by atoms with van der Waals surface area (Å²) in [6.07, 6.45) is -0.0499. The molecule has 0 aliphatic carbocycles. The van der Waals surface area contributed by atoms with Crippen molar-refractivity contribution in [3.8, 4) is 11.5 Å². The third kappa shape index (κ3) is 5.47. The lowest BCUT2D eigenvalue weighted by molar-refractivity contribution is -0.124. The molecule has 35 heavy (non-hydrogen) atoms. The van der Waals surface area contributed by atoms with Gasteiger partial charge in [0.05, 0.1) is 26.3 Å². The summed E-state index contributed by atoms with van der Waals surface area (Å²) in [5.41, 5.74) is 2.18. The van der Waals surface area contributed by atoms with Gasteiger partial charge in [0.25, 0.3) is 5.91 Å². The standard InChI is InChI=1S/C26H24BrN3O4S/c1-33-22-13-8-17(14-23(22)34-2)16-29-21(15-24(31)28-19-11-9-18(27)10-12-19)25(32)30(26(29)35)20-6-4-3-5-7-20/h3-14,21H,15-16H2,1-2H3,(H,28,31). The molecule has 1 atom stereocenters. The Hall–Kier alpha value is -3.43. The van der Waals surface area contributed by atoms with E-state index in [9.17, 15) is 9.59 Å². The zero-order valence-electron chi connectivity index (χ0n) is 19.2. The van der Waals surface area contributed by atoms with Crippen molar-refractivity contribution in [2.24, 2.45) is 0 Å². The molecule has 0 radical (unpaired) electrons. The molecule has 1 N–H and O–H groups in total. The molecule has 1 heterocycles. The Bertz CT molecular complexity index is 1240. The third-order valence-corrected chi connectivity index (χ3v) is 6.59. The number of amides is 2. The van der Waals surface area contributed by atoms with Crippen LogP contribution in [0.15, 0.2) is 77.3 Å². The summed E-state index contributed by atoms with van der Waals surface area (Å²) in [4.78, 5) is 29.7. The van der Waals surface area contributed by atoms with E-state index < -0.39 is 6.04 Å². The number of methoxy groups -OCH3 is 2. The fraction of sp³-hybridized carbons (Fsp3) is 0.192. The SMILES string of the molecule is COc1ccc(CN2C(=S)N(c3ccccc3)C(=O)C2CC(=O)Nc2ccc(Br)cc2)cc1OC. The number of hydrogen-bond donors (Lipinski definition) is 1. The molecule has 1 unspecified atom stereocenters. The maximum atomic E-state index is 13.5. The van der Waals surface area contributed by atoms with Crippen LogP contribution in [0.3, 0.4) is 0 Å². The fourth-order valence-electron chi connectivity index (χ4n) is 3.92. The van der Waals surface area contributed by atoms with Crippen molar-refractivity contribution in [3.05, 3.63) is 82.8 Å². The van der Waals surface area contributed by atoms with Crippen LogP contribution in [0.4, 0.5) is 11.4 Å². The lowest BCUT2D eigenvalue weighted by Crippen LogP contribution is -2.37. The quantitative estimate of drug-likeness (QED) is 0.396. The lowest BCUT2D eigenvalue weighted by Gasteiger charge is -2.24. The van der Waals surface area contributed by atoms with E-state index in [1.807, 2.05) is 54.6 Å². The van der Waals surface area contributed by atoms with Crippen molar-refractivity contribution >= 4 is 56.4 Å². The molecule has 3 aromatic rings. The van der Waals surface area contributed by atoms with Crippen LogP contribution < -0.4 is 19.7 Å². The zero-order valence-corrected chi connectivity index (χ0v) is 21.6. The first kappa shape index (κ1) is 24.7. The number of ether oxygens (including phenoxy) is 2. The second-order valence-electron chi connectivity index (χ2n) is 7.88. The Labute approximate surface area is 217 Å². The number of carbonyl (C=O) groups excluding carboxylic acids is 2. The molecule has 7 nitrogen and oxygen atoms in total. The van der Waals surface area contributed by atoms with Gasteiger partial charge >= 0.3 is 0 Å². The van der Waals surface area contributed by atoms with E-state index in [4.69, 9.17) is 21.7 Å². The predicted octanol–water partition coefficient (Wildman–Crippen LogP) is 5.00. The molecule has 1 fully saturated rings. The molecular formula is C26H24BrN3O4S. The van der Waals surface area contributed by atoms with Gasteiger partial charge in [-0.15, -0.1) is 0 Å². The van der Waals surface area contributed by atoms with Gasteiger partial charge in [-0.25, -0.2) is 0 Å². The van der Waals surface area contributed by atoms with E-state index >= 15 is 0 Å². The average molecular weight is 554 g/mol. The number of rotatable bonds is 8. The molecule has 0 saturated carbocycles. The van der Waals surface area contributed by atoms with E-state index in [-0.39, 0.29) is 18.2 Å². The van der Waals surface area contributed by atoms with Crippen LogP contribution in [0.5, 0.6) is 11.5 Å². The first-order valence-electron chi connectivity index (χ1n) is 10.9. The molecule has 9 heteroatoms. The van der Waals surface area contributed by atoms with Gasteiger partial charge < -0.3 is 19.7 Å². The largest absolute Gasteiger partial charge is 0.493 e. The minimum absolute atomic E-state index is 0.0499. The molecule has 3 aromatic carbocycles. The molecular weight excluding hydrogens is 530 g/mol. The monoisotopic (exact) mass is 553 g/mol. The van der Waals surface area contributed by atoms with Crippen LogP contribution >= 0.6 is 28.1 Å². The molecule has 2 amide bonds. The Morgan fingerprint density at radius 2 is 1.69 bits per heavy atom. The highest BCUT2D eigenvalue weighted by molar-refractivity contribution is 9.10. The Kier molecular flexibility index (Phi) is 7.67. The van der Waals surface area contributed by atoms with Crippen LogP contribution in [0.1, 0.15) is 12.0 Å². The number of para-hydroxylation sites is 1. The van der Waals surface area contributed by atoms with Crippen LogP contribution in [-0.2, 0) is 16.1 Å². The molecule has 0 spiro atoms. The third-order valence-electron chi connectivity index (χ3n) is 5.64. The number of halogens is 1. The van der Waals surface area contributed by atoms with Gasteiger partial charge in [0.1, 0.15) is 6.04 Å². The van der Waals surface area contributed by atoms with Crippen molar-refractivity contribution in [2.75, 3.05) is 24.4 Å². The highest BCUT2D eigenvalue weighted by Crippen LogP contribution is 2.32. The molecule has 4 rings (SSSR count). The number of nitrogens with zero attached hydrogens (tertiary/aromatic N) is 2. The molecule has 180 valence electrons. The Morgan fingerprint density at radius 3 is 2.34 bits per heavy atom. The minimum Gasteiger partial charge on any atom is -0.493 e. The number of nitrogens with one attached hydrogen (secondary N) is 1. The van der Waals surface area contributed by atoms with Crippen molar-refractivity contribution in [1.82, 2.24) is 4.90 Å². The maximum absolute atomic E-state index is 13.5. The van der Waals surface area contributed by atoms with E-state index in [2.05, 4.69) is 21.2 Å². The van der Waals surface area contributed by atoms with Gasteiger partial charge in [-0.1, -0.05) is 40.2 Å². The predicted molar refractivity (Wildman–Crippen MR) is 143 cm³/mol. The number of carbonyl (C=O) groups is 2. The number of anilines is 2. The van der Waals surface area contributed by atoms with E-state index in [0.29, 0.717) is 34.5 Å². The molecule has 0 bridgehead atoms. The lowest BCUT2D eigenvalue weighted by atomic mass is 10.1. The van der Waals surface area contributed by atoms with Gasteiger partial charge in [0.2, 0.25) is 5.91 Å². The van der Waals surface area contributed by atoms with Gasteiger partial charge in [0.15, 0.2) is 16.6 Å². The van der Waals surface area contributed by atoms with Crippen LogP contribution in [0.2, 0.25) is 0 Å². The second-order valence-corrected chi connectivity index (χ2v) is 9.16.